The molecule has 0 unspecified atom stereocenters. The van der Waals surface area contributed by atoms with Gasteiger partial charge in [0, 0.05) is 42.6 Å². The zero-order valence-corrected chi connectivity index (χ0v) is 22.5. The molecule has 9 nitrogen and oxygen atoms in total. The van der Waals surface area contributed by atoms with Gasteiger partial charge in [0.1, 0.15) is 23.5 Å². The number of nitrogens with two attached hydrogens (primary N) is 1. The number of fused-ring (bicyclic) bond motifs is 1. The Morgan fingerprint density at radius 1 is 1.05 bits per heavy atom. The normalized spacial score (nSPS) is 11.7. The number of ether oxygens (including phenoxy) is 1. The zero-order chi connectivity index (χ0) is 29.7. The van der Waals surface area contributed by atoms with Crippen LogP contribution in [0.25, 0.3) is 28.1 Å². The Balaban J connectivity index is 1.60. The van der Waals surface area contributed by atoms with Gasteiger partial charge < -0.3 is 15.8 Å². The maximum atomic E-state index is 14.0. The van der Waals surface area contributed by atoms with Crippen molar-refractivity contribution in [2.75, 3.05) is 31.2 Å². The smallest absolute Gasteiger partial charge is 0.405 e. The summed E-state index contributed by atoms with van der Waals surface area (Å²) in [6, 6.07) is 21.7. The molecule has 0 aliphatic heterocycles. The van der Waals surface area contributed by atoms with Crippen molar-refractivity contribution >= 4 is 29.0 Å². The molecule has 0 saturated heterocycles. The molecule has 12 heteroatoms. The lowest BCUT2D eigenvalue weighted by Gasteiger charge is -2.15. The predicted octanol–water partition coefficient (Wildman–Crippen LogP) is 5.07. The van der Waals surface area contributed by atoms with Crippen molar-refractivity contribution in [1.29, 1.82) is 0 Å². The third-order valence-electron chi connectivity index (χ3n) is 6.25. The Kier molecular flexibility index (Phi) is 8.14. The van der Waals surface area contributed by atoms with Crippen molar-refractivity contribution in [2.45, 2.75) is 12.6 Å². The van der Waals surface area contributed by atoms with E-state index >= 15 is 0 Å². The summed E-state index contributed by atoms with van der Waals surface area (Å²) in [4.78, 5) is 30.7. The molecule has 3 N–H and O–H groups in total. The first-order valence-corrected chi connectivity index (χ1v) is 12.9. The summed E-state index contributed by atoms with van der Waals surface area (Å²) in [5.41, 5.74) is 8.83. The van der Waals surface area contributed by atoms with Crippen LogP contribution >= 0.6 is 0 Å². The van der Waals surface area contributed by atoms with Crippen LogP contribution in [0.4, 0.5) is 24.8 Å². The van der Waals surface area contributed by atoms with Gasteiger partial charge in [-0.15, -0.1) is 0 Å². The van der Waals surface area contributed by atoms with Crippen LogP contribution in [-0.2, 0) is 6.42 Å². The fourth-order valence-corrected chi connectivity index (χ4v) is 4.29. The first kappa shape index (κ1) is 28.3. The fourth-order valence-electron chi connectivity index (χ4n) is 4.29. The number of anilines is 2. The molecule has 0 bridgehead atoms. The van der Waals surface area contributed by atoms with Crippen molar-refractivity contribution in [3.8, 4) is 22.7 Å². The van der Waals surface area contributed by atoms with Crippen LogP contribution in [0.3, 0.4) is 0 Å². The second kappa shape index (κ2) is 12.1. The topological polar surface area (TPSA) is 120 Å². The maximum absolute atomic E-state index is 14.0. The minimum absolute atomic E-state index is 0.0237. The number of nitrogen functional groups attached to an aromatic ring is 1. The van der Waals surface area contributed by atoms with Crippen LogP contribution in [-0.4, -0.2) is 52.1 Å². The van der Waals surface area contributed by atoms with Crippen LogP contribution in [0, 0.1) is 0 Å². The molecule has 2 aromatic heterocycles. The van der Waals surface area contributed by atoms with Gasteiger partial charge in [0.15, 0.2) is 5.65 Å². The number of nitrogens with zero attached hydrogens (tertiary/aromatic N) is 5. The van der Waals surface area contributed by atoms with Gasteiger partial charge in [0.25, 0.3) is 5.56 Å². The fraction of sp³-hybridized carbons (Fsp3) is 0.167. The number of aliphatic imine (C=N–C) groups is 1. The summed E-state index contributed by atoms with van der Waals surface area (Å²) in [6.45, 7) is -0.947. The van der Waals surface area contributed by atoms with Crippen LogP contribution in [0.2, 0.25) is 0 Å². The molecule has 214 valence electrons. The number of rotatable bonds is 9. The highest BCUT2D eigenvalue weighted by Crippen LogP contribution is 2.25. The second-order valence-corrected chi connectivity index (χ2v) is 9.28. The molecule has 0 saturated carbocycles. The Morgan fingerprint density at radius 2 is 1.86 bits per heavy atom. The number of hydrogen-bond acceptors (Lipinski definition) is 8. The highest BCUT2D eigenvalue weighted by molar-refractivity contribution is 5.89. The standard InChI is InChI=1S/C30H26F3N7O2/c1-35-16-21-14-20(10-11-24(21)34)26-28(41)40(27-25(38-26)17-36-29(39-27)37-18-30(31,32)33)22-8-5-9-23(15-22)42-13-12-19-6-3-2-4-7-19/h2-11,14-17H,12-13,18,34H2,1H3,(H,36,37,39). The largest absolute Gasteiger partial charge is 0.493 e. The van der Waals surface area contributed by atoms with E-state index in [2.05, 4.69) is 25.3 Å². The van der Waals surface area contributed by atoms with Crippen molar-refractivity contribution < 1.29 is 17.9 Å². The van der Waals surface area contributed by atoms with Gasteiger partial charge in [-0.05, 0) is 29.8 Å². The van der Waals surface area contributed by atoms with Gasteiger partial charge >= 0.3 is 6.18 Å². The number of benzene rings is 3. The van der Waals surface area contributed by atoms with E-state index in [0.717, 1.165) is 5.56 Å². The Morgan fingerprint density at radius 3 is 2.62 bits per heavy atom. The maximum Gasteiger partial charge on any atom is 0.405 e. The summed E-state index contributed by atoms with van der Waals surface area (Å²) < 4.78 is 45.8. The summed E-state index contributed by atoms with van der Waals surface area (Å²) in [7, 11) is 1.60. The zero-order valence-electron chi connectivity index (χ0n) is 22.5. The summed E-state index contributed by atoms with van der Waals surface area (Å²) in [6.07, 6.45) is -0.974. The third-order valence-corrected chi connectivity index (χ3v) is 6.25. The molecule has 2 heterocycles. The van der Waals surface area contributed by atoms with Gasteiger partial charge in [-0.3, -0.25) is 14.4 Å². The molecule has 0 amide bonds. The second-order valence-electron chi connectivity index (χ2n) is 9.28. The monoisotopic (exact) mass is 573 g/mol. The van der Waals surface area contributed by atoms with Crippen molar-refractivity contribution in [3.05, 3.63) is 100 Å². The van der Waals surface area contributed by atoms with Crippen LogP contribution < -0.4 is 21.3 Å². The van der Waals surface area contributed by atoms with Crippen LogP contribution in [0.15, 0.2) is 88.8 Å². The first-order valence-electron chi connectivity index (χ1n) is 12.9. The van der Waals surface area contributed by atoms with Crippen molar-refractivity contribution in [3.63, 3.8) is 0 Å². The number of hydrogen-bond donors (Lipinski definition) is 2. The van der Waals surface area contributed by atoms with E-state index in [1.54, 1.807) is 55.7 Å². The van der Waals surface area contributed by atoms with E-state index in [9.17, 15) is 18.0 Å². The van der Waals surface area contributed by atoms with Gasteiger partial charge in [-0.1, -0.05) is 42.5 Å². The Labute approximate surface area is 238 Å². The van der Waals surface area contributed by atoms with E-state index < -0.39 is 18.3 Å². The summed E-state index contributed by atoms with van der Waals surface area (Å²) >= 11 is 0. The van der Waals surface area contributed by atoms with E-state index in [-0.39, 0.29) is 22.8 Å². The molecule has 5 rings (SSSR count). The first-order chi connectivity index (χ1) is 20.2. The van der Waals surface area contributed by atoms with Crippen molar-refractivity contribution in [2.24, 2.45) is 4.99 Å². The molecule has 0 fully saturated rings. The molecule has 0 radical (unpaired) electrons. The molecular formula is C30H26F3N7O2. The van der Waals surface area contributed by atoms with E-state index in [1.165, 1.54) is 10.8 Å². The Bertz CT molecular complexity index is 1810. The quantitative estimate of drug-likeness (QED) is 0.187. The number of alkyl halides is 3. The molecule has 42 heavy (non-hydrogen) atoms. The average molecular weight is 574 g/mol. The Hall–Kier alpha value is -5.26. The predicted molar refractivity (Wildman–Crippen MR) is 156 cm³/mol. The van der Waals surface area contributed by atoms with Gasteiger partial charge in [-0.2, -0.15) is 18.2 Å². The lowest BCUT2D eigenvalue weighted by atomic mass is 10.1. The van der Waals surface area contributed by atoms with E-state index in [1.807, 2.05) is 30.3 Å². The number of aromatic nitrogens is 4. The molecule has 0 aliphatic rings. The minimum Gasteiger partial charge on any atom is -0.493 e. The lowest BCUT2D eigenvalue weighted by Crippen LogP contribution is -2.25. The summed E-state index contributed by atoms with van der Waals surface area (Å²) in [5.74, 6) is 0.201. The van der Waals surface area contributed by atoms with Gasteiger partial charge in [0.05, 0.1) is 18.5 Å². The molecule has 0 aliphatic carbocycles. The van der Waals surface area contributed by atoms with Crippen LogP contribution in [0.5, 0.6) is 5.75 Å². The van der Waals surface area contributed by atoms with E-state index in [4.69, 9.17) is 10.5 Å². The van der Waals surface area contributed by atoms with Gasteiger partial charge in [0.2, 0.25) is 5.95 Å². The number of nitrogens with one attached hydrogen (secondary N) is 1. The molecule has 0 spiro atoms. The number of halogens is 3. The SMILES string of the molecule is CN=Cc1cc(-c2nc3cnc(NCC(F)(F)F)nc3n(-c3cccc(OCCc4ccccc4)c3)c2=O)ccc1N. The third kappa shape index (κ3) is 6.54. The van der Waals surface area contributed by atoms with E-state index in [0.29, 0.717) is 41.3 Å². The summed E-state index contributed by atoms with van der Waals surface area (Å²) in [5, 5.41) is 2.16. The van der Waals surface area contributed by atoms with Gasteiger partial charge in [-0.25, -0.2) is 9.97 Å². The molecule has 0 atom stereocenters. The van der Waals surface area contributed by atoms with Crippen molar-refractivity contribution in [1.82, 2.24) is 19.5 Å². The minimum atomic E-state index is -4.49. The molecule has 5 aromatic rings. The van der Waals surface area contributed by atoms with Crippen LogP contribution in [0.1, 0.15) is 11.1 Å². The molecule has 3 aromatic carbocycles. The highest BCUT2D eigenvalue weighted by atomic mass is 19.4. The molecular weight excluding hydrogens is 547 g/mol. The lowest BCUT2D eigenvalue weighted by molar-refractivity contribution is -0.115. The highest BCUT2D eigenvalue weighted by Gasteiger charge is 2.27. The average Bonchev–Trinajstić information content (AvgIpc) is 2.97.